The average Bonchev–Trinajstić information content (AvgIpc) is 3.03. The smallest absolute Gasteiger partial charge is 0.246 e. The highest BCUT2D eigenvalue weighted by Gasteiger charge is 2.60. The summed E-state index contributed by atoms with van der Waals surface area (Å²) in [5.74, 6) is 3.11. The SMILES string of the molecule is CN1C(=O)C=C[C@@]2(C)C1CC[C@@H]1[C@H]2CC[C@]2(C)C(c3ccccn3)CC[C@@H]12. The van der Waals surface area contributed by atoms with Crippen molar-refractivity contribution in [3.63, 3.8) is 0 Å². The van der Waals surface area contributed by atoms with Crippen molar-refractivity contribution in [2.24, 2.45) is 28.6 Å². The van der Waals surface area contributed by atoms with Crippen LogP contribution in [0.25, 0.3) is 0 Å². The van der Waals surface area contributed by atoms with Crippen LogP contribution in [0.5, 0.6) is 0 Å². The Hall–Kier alpha value is -1.64. The van der Waals surface area contributed by atoms with Crippen molar-refractivity contribution in [2.75, 3.05) is 7.05 Å². The number of amides is 1. The van der Waals surface area contributed by atoms with Gasteiger partial charge in [0.05, 0.1) is 0 Å². The van der Waals surface area contributed by atoms with Crippen molar-refractivity contribution in [1.82, 2.24) is 9.88 Å². The van der Waals surface area contributed by atoms with Gasteiger partial charge in [0, 0.05) is 36.3 Å². The van der Waals surface area contributed by atoms with E-state index in [1.54, 1.807) is 0 Å². The average molecular weight is 365 g/mol. The van der Waals surface area contributed by atoms with Gasteiger partial charge in [-0.15, -0.1) is 0 Å². The molecule has 3 aliphatic carbocycles. The molecule has 3 heteroatoms. The number of likely N-dealkylation sites (N-methyl/N-ethyl adjacent to an activating group) is 1. The summed E-state index contributed by atoms with van der Waals surface area (Å²) >= 11 is 0. The number of pyridine rings is 1. The molecular weight excluding hydrogens is 332 g/mol. The van der Waals surface area contributed by atoms with Gasteiger partial charge in [-0.1, -0.05) is 26.0 Å². The lowest BCUT2D eigenvalue weighted by Crippen LogP contribution is -2.59. The molecule has 2 heterocycles. The van der Waals surface area contributed by atoms with Crippen LogP contribution in [0, 0.1) is 28.6 Å². The van der Waals surface area contributed by atoms with Gasteiger partial charge in [-0.05, 0) is 79.9 Å². The Labute approximate surface area is 163 Å². The molecule has 5 rings (SSSR count). The predicted octanol–water partition coefficient (Wildman–Crippen LogP) is 4.80. The summed E-state index contributed by atoms with van der Waals surface area (Å²) in [4.78, 5) is 19.0. The van der Waals surface area contributed by atoms with Gasteiger partial charge in [0.15, 0.2) is 0 Å². The van der Waals surface area contributed by atoms with E-state index in [-0.39, 0.29) is 11.3 Å². The zero-order valence-electron chi connectivity index (χ0n) is 16.9. The maximum absolute atomic E-state index is 12.2. The van der Waals surface area contributed by atoms with E-state index in [2.05, 4.69) is 32.1 Å². The standard InChI is InChI=1S/C24H32N2O/c1-23-13-11-18-16(7-10-21-24(18,2)14-12-22(27)26(21)3)17(23)8-9-19(23)20-6-4-5-15-25-20/h4-6,12,14-19,21H,7-11,13H2,1-3H3/t16-,17-,18+,19?,21?,23-,24+/m0/s1. The Bertz CT molecular complexity index is 774. The van der Waals surface area contributed by atoms with Crippen LogP contribution in [0.4, 0.5) is 0 Å². The van der Waals surface area contributed by atoms with Gasteiger partial charge in [0.1, 0.15) is 0 Å². The number of rotatable bonds is 1. The van der Waals surface area contributed by atoms with Crippen molar-refractivity contribution < 1.29 is 4.79 Å². The molecule has 7 atom stereocenters. The van der Waals surface area contributed by atoms with E-state index in [1.165, 1.54) is 37.8 Å². The molecule has 0 saturated heterocycles. The molecule has 144 valence electrons. The van der Waals surface area contributed by atoms with Gasteiger partial charge >= 0.3 is 0 Å². The molecule has 3 fully saturated rings. The number of hydrogen-bond donors (Lipinski definition) is 0. The largest absolute Gasteiger partial charge is 0.338 e. The number of fused-ring (bicyclic) bond motifs is 5. The number of hydrogen-bond acceptors (Lipinski definition) is 2. The molecule has 0 bridgehead atoms. The Kier molecular flexibility index (Phi) is 3.83. The highest BCUT2D eigenvalue weighted by Crippen LogP contribution is 2.67. The number of nitrogens with zero attached hydrogens (tertiary/aromatic N) is 2. The minimum Gasteiger partial charge on any atom is -0.338 e. The number of carbonyl (C=O) groups is 1. The fourth-order valence-corrected chi connectivity index (χ4v) is 7.81. The van der Waals surface area contributed by atoms with Gasteiger partial charge in [-0.25, -0.2) is 0 Å². The highest BCUT2D eigenvalue weighted by molar-refractivity contribution is 5.89. The van der Waals surface area contributed by atoms with E-state index in [9.17, 15) is 4.79 Å². The molecule has 3 saturated carbocycles. The van der Waals surface area contributed by atoms with Crippen LogP contribution >= 0.6 is 0 Å². The minimum absolute atomic E-state index is 0.149. The van der Waals surface area contributed by atoms with Crippen LogP contribution in [0.15, 0.2) is 36.5 Å². The van der Waals surface area contributed by atoms with E-state index in [0.29, 0.717) is 23.3 Å². The fraction of sp³-hybridized carbons (Fsp3) is 0.667. The quantitative estimate of drug-likeness (QED) is 0.717. The normalized spacial score (nSPS) is 46.0. The highest BCUT2D eigenvalue weighted by atomic mass is 16.2. The third-order valence-corrected chi connectivity index (χ3v) is 9.17. The van der Waals surface area contributed by atoms with Gasteiger partial charge in [0.2, 0.25) is 5.91 Å². The van der Waals surface area contributed by atoms with Crippen molar-refractivity contribution in [2.45, 2.75) is 64.3 Å². The first-order chi connectivity index (χ1) is 12.9. The van der Waals surface area contributed by atoms with Gasteiger partial charge in [-0.3, -0.25) is 9.78 Å². The summed E-state index contributed by atoms with van der Waals surface area (Å²) in [6.07, 6.45) is 13.8. The van der Waals surface area contributed by atoms with Crippen molar-refractivity contribution in [3.05, 3.63) is 42.2 Å². The molecule has 3 nitrogen and oxygen atoms in total. The molecule has 1 aromatic rings. The Morgan fingerprint density at radius 2 is 1.93 bits per heavy atom. The minimum atomic E-state index is 0.149. The summed E-state index contributed by atoms with van der Waals surface area (Å²) in [7, 11) is 2.01. The van der Waals surface area contributed by atoms with Gasteiger partial charge < -0.3 is 4.90 Å². The Morgan fingerprint density at radius 1 is 1.07 bits per heavy atom. The molecule has 1 aromatic heterocycles. The molecule has 4 aliphatic rings. The summed E-state index contributed by atoms with van der Waals surface area (Å²) in [6.45, 7) is 4.99. The van der Waals surface area contributed by atoms with Crippen LogP contribution < -0.4 is 0 Å². The molecule has 0 aromatic carbocycles. The van der Waals surface area contributed by atoms with Crippen molar-refractivity contribution >= 4 is 5.91 Å². The zero-order valence-corrected chi connectivity index (χ0v) is 16.9. The Balaban J connectivity index is 1.47. The third kappa shape index (κ3) is 2.33. The molecule has 2 unspecified atom stereocenters. The number of carbonyl (C=O) groups excluding carboxylic acids is 1. The van der Waals surface area contributed by atoms with E-state index in [1.807, 2.05) is 30.3 Å². The summed E-state index contributed by atoms with van der Waals surface area (Å²) in [5, 5.41) is 0. The Morgan fingerprint density at radius 3 is 2.70 bits per heavy atom. The topological polar surface area (TPSA) is 33.2 Å². The van der Waals surface area contributed by atoms with Crippen LogP contribution in [-0.4, -0.2) is 28.9 Å². The third-order valence-electron chi connectivity index (χ3n) is 9.17. The van der Waals surface area contributed by atoms with E-state index < -0.39 is 0 Å². The lowest BCUT2D eigenvalue weighted by atomic mass is 9.47. The van der Waals surface area contributed by atoms with E-state index >= 15 is 0 Å². The number of aromatic nitrogens is 1. The molecule has 0 N–H and O–H groups in total. The molecule has 1 aliphatic heterocycles. The summed E-state index contributed by atoms with van der Waals surface area (Å²) < 4.78 is 0. The molecular formula is C24H32N2O. The lowest BCUT2D eigenvalue weighted by molar-refractivity contribution is -0.138. The zero-order chi connectivity index (χ0) is 18.8. The van der Waals surface area contributed by atoms with Crippen molar-refractivity contribution in [3.8, 4) is 0 Å². The van der Waals surface area contributed by atoms with Crippen LogP contribution in [-0.2, 0) is 4.79 Å². The van der Waals surface area contributed by atoms with Crippen molar-refractivity contribution in [1.29, 1.82) is 0 Å². The second-order valence-electron chi connectivity index (χ2n) is 10.0. The monoisotopic (exact) mass is 364 g/mol. The molecule has 27 heavy (non-hydrogen) atoms. The summed E-state index contributed by atoms with van der Waals surface area (Å²) in [5.41, 5.74) is 1.85. The molecule has 0 spiro atoms. The van der Waals surface area contributed by atoms with Gasteiger partial charge in [0.25, 0.3) is 0 Å². The molecule has 1 amide bonds. The second kappa shape index (κ2) is 5.93. The van der Waals surface area contributed by atoms with Gasteiger partial charge in [-0.2, -0.15) is 0 Å². The first-order valence-corrected chi connectivity index (χ1v) is 10.8. The van der Waals surface area contributed by atoms with E-state index in [0.717, 1.165) is 18.3 Å². The first kappa shape index (κ1) is 17.5. The maximum Gasteiger partial charge on any atom is 0.246 e. The van der Waals surface area contributed by atoms with E-state index in [4.69, 9.17) is 4.98 Å². The predicted molar refractivity (Wildman–Crippen MR) is 107 cm³/mol. The fourth-order valence-electron chi connectivity index (χ4n) is 7.81. The second-order valence-corrected chi connectivity index (χ2v) is 10.0. The first-order valence-electron chi connectivity index (χ1n) is 10.8. The van der Waals surface area contributed by atoms with Crippen LogP contribution in [0.2, 0.25) is 0 Å². The lowest BCUT2D eigenvalue weighted by Gasteiger charge is -2.60. The molecule has 0 radical (unpaired) electrons. The summed E-state index contributed by atoms with van der Waals surface area (Å²) in [6, 6.07) is 6.81. The van der Waals surface area contributed by atoms with Crippen LogP contribution in [0.3, 0.4) is 0 Å². The van der Waals surface area contributed by atoms with Crippen LogP contribution in [0.1, 0.15) is 64.0 Å². The maximum atomic E-state index is 12.2.